The highest BCUT2D eigenvalue weighted by atomic mass is 79.9. The van der Waals surface area contributed by atoms with Gasteiger partial charge in [-0.15, -0.1) is 0 Å². The van der Waals surface area contributed by atoms with Crippen molar-refractivity contribution in [1.29, 1.82) is 0 Å². The van der Waals surface area contributed by atoms with Gasteiger partial charge in [0, 0.05) is 16.1 Å². The van der Waals surface area contributed by atoms with Crippen molar-refractivity contribution >= 4 is 28.1 Å². The lowest BCUT2D eigenvalue weighted by Gasteiger charge is -2.01. The second-order valence-electron chi connectivity index (χ2n) is 3.87. The van der Waals surface area contributed by atoms with Gasteiger partial charge in [-0.05, 0) is 18.9 Å². The summed E-state index contributed by atoms with van der Waals surface area (Å²) in [5, 5.41) is 6.57. The molecule has 17 heavy (non-hydrogen) atoms. The van der Waals surface area contributed by atoms with Gasteiger partial charge in [0.05, 0.1) is 6.21 Å². The molecule has 0 heterocycles. The van der Waals surface area contributed by atoms with Crippen LogP contribution in [0.4, 0.5) is 0 Å². The summed E-state index contributed by atoms with van der Waals surface area (Å²) < 4.78 is 0.940. The van der Waals surface area contributed by atoms with E-state index in [1.165, 1.54) is 0 Å². The van der Waals surface area contributed by atoms with Crippen molar-refractivity contribution < 1.29 is 9.63 Å². The molecule has 90 valence electrons. The molecule has 1 aromatic rings. The van der Waals surface area contributed by atoms with Crippen molar-refractivity contribution in [3.63, 3.8) is 0 Å². The van der Waals surface area contributed by atoms with Gasteiger partial charge in [0.25, 0.3) is 5.91 Å². The summed E-state index contributed by atoms with van der Waals surface area (Å²) in [6, 6.07) is 8.01. The fourth-order valence-electron chi connectivity index (χ4n) is 1.27. The van der Waals surface area contributed by atoms with Crippen molar-refractivity contribution in [2.24, 2.45) is 5.16 Å². The van der Waals surface area contributed by atoms with Gasteiger partial charge in [-0.1, -0.05) is 39.3 Å². The third-order valence-corrected chi connectivity index (χ3v) is 3.03. The van der Waals surface area contributed by atoms with E-state index in [1.54, 1.807) is 6.21 Å². The Kier molecular flexibility index (Phi) is 4.14. The number of rotatable bonds is 5. The number of carbonyl (C=O) groups is 1. The number of hydrogen-bond acceptors (Lipinski definition) is 3. The molecule has 0 aromatic heterocycles. The molecule has 4 nitrogen and oxygen atoms in total. The summed E-state index contributed by atoms with van der Waals surface area (Å²) in [7, 11) is 0. The molecule has 0 saturated heterocycles. The first-order chi connectivity index (χ1) is 8.25. The first-order valence-corrected chi connectivity index (χ1v) is 6.24. The Hall–Kier alpha value is -1.36. The highest BCUT2D eigenvalue weighted by Crippen LogP contribution is 2.18. The summed E-state index contributed by atoms with van der Waals surface area (Å²) >= 11 is 3.39. The fourth-order valence-corrected chi connectivity index (χ4v) is 1.65. The Morgan fingerprint density at radius 2 is 2.29 bits per heavy atom. The molecule has 2 rings (SSSR count). The summed E-state index contributed by atoms with van der Waals surface area (Å²) in [6.07, 6.45) is 3.73. The maximum Gasteiger partial charge on any atom is 0.260 e. The molecule has 1 aliphatic rings. The van der Waals surface area contributed by atoms with Crippen molar-refractivity contribution in [3.05, 3.63) is 34.3 Å². The van der Waals surface area contributed by atoms with Crippen LogP contribution in [0.3, 0.4) is 0 Å². The predicted molar refractivity (Wildman–Crippen MR) is 68.9 cm³/mol. The molecule has 1 aromatic carbocycles. The van der Waals surface area contributed by atoms with Gasteiger partial charge >= 0.3 is 0 Å². The van der Waals surface area contributed by atoms with Gasteiger partial charge in [-0.2, -0.15) is 0 Å². The minimum atomic E-state index is -0.114. The van der Waals surface area contributed by atoms with Crippen LogP contribution < -0.4 is 5.32 Å². The first kappa shape index (κ1) is 12.1. The highest BCUT2D eigenvalue weighted by Gasteiger charge is 2.23. The van der Waals surface area contributed by atoms with E-state index in [1.807, 2.05) is 24.3 Å². The van der Waals surface area contributed by atoms with E-state index < -0.39 is 0 Å². The summed E-state index contributed by atoms with van der Waals surface area (Å²) in [5.41, 5.74) is 0.912. The molecule has 1 fully saturated rings. The van der Waals surface area contributed by atoms with E-state index >= 15 is 0 Å². The number of benzene rings is 1. The Balaban J connectivity index is 1.73. The molecule has 0 atom stereocenters. The average molecular weight is 297 g/mol. The molecule has 5 heteroatoms. The fraction of sp³-hybridized carbons (Fsp3) is 0.333. The van der Waals surface area contributed by atoms with Gasteiger partial charge in [0.2, 0.25) is 0 Å². The summed E-state index contributed by atoms with van der Waals surface area (Å²) in [5.74, 6) is -0.114. The maximum atomic E-state index is 11.3. The summed E-state index contributed by atoms with van der Waals surface area (Å²) in [6.45, 7) is -0.0303. The van der Waals surface area contributed by atoms with Crippen molar-refractivity contribution in [1.82, 2.24) is 5.32 Å². The zero-order chi connectivity index (χ0) is 12.1. The van der Waals surface area contributed by atoms with Crippen LogP contribution in [0.5, 0.6) is 0 Å². The molecule has 0 unspecified atom stereocenters. The molecule has 0 spiro atoms. The molecular weight excluding hydrogens is 284 g/mol. The van der Waals surface area contributed by atoms with Crippen LogP contribution in [-0.2, 0) is 9.63 Å². The first-order valence-electron chi connectivity index (χ1n) is 5.45. The van der Waals surface area contributed by atoms with Crippen LogP contribution in [0, 0.1) is 0 Å². The Morgan fingerprint density at radius 1 is 1.53 bits per heavy atom. The second-order valence-corrected chi connectivity index (χ2v) is 4.73. The molecule has 0 radical (unpaired) electrons. The third-order valence-electron chi connectivity index (χ3n) is 2.31. The van der Waals surface area contributed by atoms with Gasteiger partial charge in [-0.3, -0.25) is 4.79 Å². The number of nitrogens with zero attached hydrogens (tertiary/aromatic N) is 1. The monoisotopic (exact) mass is 296 g/mol. The lowest BCUT2D eigenvalue weighted by Crippen LogP contribution is -2.28. The lowest BCUT2D eigenvalue weighted by molar-refractivity contribution is -0.125. The SMILES string of the molecule is O=C(CO/N=C\c1ccccc1Br)NC1CC1. The number of amides is 1. The van der Waals surface area contributed by atoms with Crippen LogP contribution in [-0.4, -0.2) is 24.8 Å². The van der Waals surface area contributed by atoms with Crippen LogP contribution in [0.15, 0.2) is 33.9 Å². The van der Waals surface area contributed by atoms with Gasteiger partial charge in [-0.25, -0.2) is 0 Å². The number of halogens is 1. The largest absolute Gasteiger partial charge is 0.386 e. The minimum Gasteiger partial charge on any atom is -0.386 e. The molecule has 1 aliphatic carbocycles. The third kappa shape index (κ3) is 4.19. The normalized spacial score (nSPS) is 14.9. The van der Waals surface area contributed by atoms with Crippen molar-refractivity contribution in [2.45, 2.75) is 18.9 Å². The highest BCUT2D eigenvalue weighted by molar-refractivity contribution is 9.10. The van der Waals surface area contributed by atoms with E-state index in [4.69, 9.17) is 4.84 Å². The van der Waals surface area contributed by atoms with Crippen LogP contribution in [0.1, 0.15) is 18.4 Å². The topological polar surface area (TPSA) is 50.7 Å². The minimum absolute atomic E-state index is 0.0303. The second kappa shape index (κ2) is 5.82. The lowest BCUT2D eigenvalue weighted by atomic mass is 10.2. The maximum absolute atomic E-state index is 11.3. The number of nitrogens with one attached hydrogen (secondary N) is 1. The van der Waals surface area contributed by atoms with Gasteiger partial charge < -0.3 is 10.2 Å². The van der Waals surface area contributed by atoms with Crippen LogP contribution in [0.2, 0.25) is 0 Å². The van der Waals surface area contributed by atoms with E-state index in [0.717, 1.165) is 22.9 Å². The average Bonchev–Trinajstić information content (AvgIpc) is 3.10. The van der Waals surface area contributed by atoms with E-state index in [-0.39, 0.29) is 12.5 Å². The van der Waals surface area contributed by atoms with Gasteiger partial charge in [0.1, 0.15) is 0 Å². The smallest absolute Gasteiger partial charge is 0.260 e. The Labute approximate surface area is 108 Å². The molecule has 0 bridgehead atoms. The molecule has 1 N–H and O–H groups in total. The number of hydrogen-bond donors (Lipinski definition) is 1. The number of carbonyl (C=O) groups excluding carboxylic acids is 1. The van der Waals surface area contributed by atoms with Gasteiger partial charge in [0.15, 0.2) is 6.61 Å². The van der Waals surface area contributed by atoms with Crippen molar-refractivity contribution in [2.75, 3.05) is 6.61 Å². The van der Waals surface area contributed by atoms with E-state index in [9.17, 15) is 4.79 Å². The molecular formula is C12H13BrN2O2. The quantitative estimate of drug-likeness (QED) is 0.668. The zero-order valence-electron chi connectivity index (χ0n) is 9.23. The van der Waals surface area contributed by atoms with E-state index in [0.29, 0.717) is 6.04 Å². The summed E-state index contributed by atoms with van der Waals surface area (Å²) in [4.78, 5) is 16.2. The zero-order valence-corrected chi connectivity index (χ0v) is 10.8. The molecule has 1 saturated carbocycles. The van der Waals surface area contributed by atoms with Crippen LogP contribution in [0.25, 0.3) is 0 Å². The predicted octanol–water partition coefficient (Wildman–Crippen LogP) is 2.08. The van der Waals surface area contributed by atoms with Crippen LogP contribution >= 0.6 is 15.9 Å². The van der Waals surface area contributed by atoms with Crippen molar-refractivity contribution in [3.8, 4) is 0 Å². The van der Waals surface area contributed by atoms with E-state index in [2.05, 4.69) is 26.4 Å². The molecule has 1 amide bonds. The Bertz CT molecular complexity index is 430. The number of oxime groups is 1. The Morgan fingerprint density at radius 3 is 3.00 bits per heavy atom. The molecule has 0 aliphatic heterocycles. The standard InChI is InChI=1S/C12H13BrN2O2/c13-11-4-2-1-3-9(11)7-14-17-8-12(16)15-10-5-6-10/h1-4,7,10H,5-6,8H2,(H,15,16)/b14-7-.